The van der Waals surface area contributed by atoms with Crippen LogP contribution in [0.2, 0.25) is 0 Å². The number of carbonyl (C=O) groups is 1. The molecule has 0 amide bonds. The summed E-state index contributed by atoms with van der Waals surface area (Å²) >= 11 is 0. The lowest BCUT2D eigenvalue weighted by molar-refractivity contribution is -0.156. The molecule has 3 aromatic carbocycles. The second-order valence-electron chi connectivity index (χ2n) is 7.51. The van der Waals surface area contributed by atoms with Gasteiger partial charge in [-0.2, -0.15) is 0 Å². The number of esters is 1. The minimum atomic E-state index is -0.746. The van der Waals surface area contributed by atoms with Crippen LogP contribution in [0, 0.1) is 12.3 Å². The second kappa shape index (κ2) is 9.76. The van der Waals surface area contributed by atoms with Crippen LogP contribution in [0.1, 0.15) is 25.7 Å². The topological polar surface area (TPSA) is 35.5 Å². The molecule has 4 rings (SSSR count). The Morgan fingerprint density at radius 2 is 1.35 bits per heavy atom. The Bertz CT molecular complexity index is 994. The normalized spacial score (nSPS) is 14.7. The van der Waals surface area contributed by atoms with Gasteiger partial charge in [0, 0.05) is 0 Å². The summed E-state index contributed by atoms with van der Waals surface area (Å²) < 4.78 is 11.2. The van der Waals surface area contributed by atoms with E-state index in [2.05, 4.69) is 66.6 Å². The van der Waals surface area contributed by atoms with Gasteiger partial charge >= 0.3 is 5.97 Å². The maximum Gasteiger partial charge on any atom is 0.345 e. The van der Waals surface area contributed by atoms with E-state index in [1.165, 1.54) is 14.7 Å². The standard InChI is InChI=1S/C27H25O3S/c1-2-27(19-9-10-20-27)30-26(28)21-29-22-15-17-25(18-16-22)31(23-11-5-3-6-12-23)24-13-7-4-8-14-24/h1,3-8,11-18H,9-10,19-21H2/q+1. The average molecular weight is 430 g/mol. The van der Waals surface area contributed by atoms with Crippen LogP contribution in [-0.4, -0.2) is 18.2 Å². The summed E-state index contributed by atoms with van der Waals surface area (Å²) in [7, 11) is -0.215. The Morgan fingerprint density at radius 3 is 1.87 bits per heavy atom. The van der Waals surface area contributed by atoms with Gasteiger partial charge in [-0.15, -0.1) is 6.42 Å². The van der Waals surface area contributed by atoms with E-state index in [1.807, 2.05) is 24.3 Å². The first-order valence-corrected chi connectivity index (χ1v) is 11.7. The van der Waals surface area contributed by atoms with E-state index in [1.54, 1.807) is 0 Å². The van der Waals surface area contributed by atoms with Gasteiger partial charge < -0.3 is 9.47 Å². The van der Waals surface area contributed by atoms with Crippen LogP contribution < -0.4 is 4.74 Å². The van der Waals surface area contributed by atoms with E-state index in [4.69, 9.17) is 15.9 Å². The minimum Gasteiger partial charge on any atom is -0.482 e. The molecule has 0 radical (unpaired) electrons. The smallest absolute Gasteiger partial charge is 0.345 e. The summed E-state index contributed by atoms with van der Waals surface area (Å²) in [5, 5.41) is 0. The zero-order chi connectivity index (χ0) is 21.5. The first-order chi connectivity index (χ1) is 15.2. The molecule has 1 fully saturated rings. The molecule has 0 unspecified atom stereocenters. The number of ether oxygens (including phenoxy) is 2. The molecule has 0 spiro atoms. The molecule has 4 heteroatoms. The maximum absolute atomic E-state index is 12.2. The van der Waals surface area contributed by atoms with E-state index in [-0.39, 0.29) is 17.5 Å². The van der Waals surface area contributed by atoms with Crippen molar-refractivity contribution in [2.45, 2.75) is 46.0 Å². The molecule has 3 nitrogen and oxygen atoms in total. The van der Waals surface area contributed by atoms with Crippen LogP contribution in [-0.2, 0) is 20.4 Å². The van der Waals surface area contributed by atoms with Crippen molar-refractivity contribution in [3.8, 4) is 18.1 Å². The third-order valence-corrected chi connectivity index (χ3v) is 7.59. The molecule has 3 aromatic rings. The Balaban J connectivity index is 1.45. The molecule has 0 bridgehead atoms. The predicted octanol–water partition coefficient (Wildman–Crippen LogP) is 5.65. The molecule has 156 valence electrons. The van der Waals surface area contributed by atoms with Crippen LogP contribution in [0.3, 0.4) is 0 Å². The van der Waals surface area contributed by atoms with E-state index in [9.17, 15) is 4.79 Å². The van der Waals surface area contributed by atoms with Crippen molar-refractivity contribution in [3.63, 3.8) is 0 Å². The highest BCUT2D eigenvalue weighted by Gasteiger charge is 2.36. The molecule has 0 atom stereocenters. The van der Waals surface area contributed by atoms with Gasteiger partial charge in [-0.05, 0) is 74.2 Å². The molecular weight excluding hydrogens is 404 g/mol. The molecule has 1 saturated carbocycles. The van der Waals surface area contributed by atoms with Gasteiger partial charge in [-0.1, -0.05) is 42.3 Å². The third-order valence-electron chi connectivity index (χ3n) is 5.36. The summed E-state index contributed by atoms with van der Waals surface area (Å²) in [6, 6.07) is 28.9. The highest BCUT2D eigenvalue weighted by molar-refractivity contribution is 7.97. The Kier molecular flexibility index (Phi) is 6.64. The van der Waals surface area contributed by atoms with Crippen LogP contribution in [0.4, 0.5) is 0 Å². The van der Waals surface area contributed by atoms with Crippen molar-refractivity contribution in [1.29, 1.82) is 0 Å². The summed E-state index contributed by atoms with van der Waals surface area (Å²) in [6.45, 7) is -0.147. The van der Waals surface area contributed by atoms with Crippen molar-refractivity contribution < 1.29 is 14.3 Å². The van der Waals surface area contributed by atoms with Crippen LogP contribution in [0.5, 0.6) is 5.75 Å². The van der Waals surface area contributed by atoms with Crippen molar-refractivity contribution in [1.82, 2.24) is 0 Å². The summed E-state index contributed by atoms with van der Waals surface area (Å²) in [6.07, 6.45) is 9.03. The van der Waals surface area contributed by atoms with Crippen LogP contribution in [0.15, 0.2) is 99.6 Å². The van der Waals surface area contributed by atoms with E-state index in [0.29, 0.717) is 5.75 Å². The number of hydrogen-bond acceptors (Lipinski definition) is 3. The fourth-order valence-corrected chi connectivity index (χ4v) is 5.89. The van der Waals surface area contributed by atoms with Gasteiger partial charge in [0.05, 0.1) is 10.9 Å². The monoisotopic (exact) mass is 429 g/mol. The minimum absolute atomic E-state index is 0.147. The highest BCUT2D eigenvalue weighted by atomic mass is 32.2. The van der Waals surface area contributed by atoms with Crippen molar-refractivity contribution in [2.24, 2.45) is 0 Å². The molecule has 0 aromatic heterocycles. The van der Waals surface area contributed by atoms with E-state index >= 15 is 0 Å². The van der Waals surface area contributed by atoms with Gasteiger partial charge in [-0.25, -0.2) is 4.79 Å². The van der Waals surface area contributed by atoms with E-state index < -0.39 is 11.6 Å². The SMILES string of the molecule is C#CC1(OC(=O)COc2ccc([S+](c3ccccc3)c3ccccc3)cc2)CCCC1. The first-order valence-electron chi connectivity index (χ1n) is 10.5. The molecule has 0 aliphatic heterocycles. The highest BCUT2D eigenvalue weighted by Crippen LogP contribution is 2.33. The number of terminal acetylenes is 1. The zero-order valence-electron chi connectivity index (χ0n) is 17.3. The number of benzene rings is 3. The summed E-state index contributed by atoms with van der Waals surface area (Å²) in [5.74, 6) is 2.87. The largest absolute Gasteiger partial charge is 0.482 e. The predicted molar refractivity (Wildman–Crippen MR) is 123 cm³/mol. The van der Waals surface area contributed by atoms with Gasteiger partial charge in [0.15, 0.2) is 26.9 Å². The molecular formula is C27H25O3S+. The fourth-order valence-electron chi connectivity index (χ4n) is 3.80. The summed E-state index contributed by atoms with van der Waals surface area (Å²) in [4.78, 5) is 15.9. The Labute approximate surface area is 186 Å². The molecule has 1 aliphatic rings. The Hall–Kier alpha value is -3.16. The van der Waals surface area contributed by atoms with Gasteiger partial charge in [0.25, 0.3) is 0 Å². The molecule has 0 saturated heterocycles. The van der Waals surface area contributed by atoms with Gasteiger partial charge in [-0.3, -0.25) is 0 Å². The zero-order valence-corrected chi connectivity index (χ0v) is 18.1. The number of rotatable bonds is 7. The van der Waals surface area contributed by atoms with Crippen molar-refractivity contribution in [3.05, 3.63) is 84.9 Å². The van der Waals surface area contributed by atoms with Crippen molar-refractivity contribution >= 4 is 16.9 Å². The van der Waals surface area contributed by atoms with E-state index in [0.717, 1.165) is 25.7 Å². The second-order valence-corrected chi connectivity index (χ2v) is 9.54. The quantitative estimate of drug-likeness (QED) is 0.277. The lowest BCUT2D eigenvalue weighted by Crippen LogP contribution is -2.32. The first kappa shape index (κ1) is 21.1. The Morgan fingerprint density at radius 1 is 0.839 bits per heavy atom. The number of hydrogen-bond donors (Lipinski definition) is 0. The summed E-state index contributed by atoms with van der Waals surface area (Å²) in [5.41, 5.74) is -0.746. The third kappa shape index (κ3) is 5.13. The molecule has 0 N–H and O–H groups in total. The average Bonchev–Trinajstić information content (AvgIpc) is 3.29. The van der Waals surface area contributed by atoms with Gasteiger partial charge in [0.1, 0.15) is 5.75 Å². The molecule has 1 aliphatic carbocycles. The lowest BCUT2D eigenvalue weighted by Gasteiger charge is -2.22. The number of carbonyl (C=O) groups excluding carboxylic acids is 1. The lowest BCUT2D eigenvalue weighted by atomic mass is 10.0. The molecule has 31 heavy (non-hydrogen) atoms. The van der Waals surface area contributed by atoms with Crippen LogP contribution >= 0.6 is 0 Å². The maximum atomic E-state index is 12.2. The van der Waals surface area contributed by atoms with Crippen molar-refractivity contribution in [2.75, 3.05) is 6.61 Å². The fraction of sp³-hybridized carbons (Fsp3) is 0.222. The molecule has 0 heterocycles. The van der Waals surface area contributed by atoms with Crippen LogP contribution in [0.25, 0.3) is 0 Å². The van der Waals surface area contributed by atoms with Gasteiger partial charge in [0.2, 0.25) is 0 Å².